The number of methoxy groups -OCH3 is 1. The van der Waals surface area contributed by atoms with Crippen molar-refractivity contribution < 1.29 is 23.0 Å². The van der Waals surface area contributed by atoms with Crippen LogP contribution in [-0.4, -0.2) is 83.1 Å². The van der Waals surface area contributed by atoms with Crippen molar-refractivity contribution in [1.82, 2.24) is 24.6 Å². The molecule has 3 aromatic heterocycles. The van der Waals surface area contributed by atoms with Gasteiger partial charge in [0.25, 0.3) is 5.92 Å². The lowest BCUT2D eigenvalue weighted by molar-refractivity contribution is -0.00835. The molecule has 1 N–H and O–H groups in total. The fourth-order valence-corrected chi connectivity index (χ4v) is 8.15. The number of halogens is 3. The lowest BCUT2D eigenvalue weighted by Crippen LogP contribution is -2.59. The molecule has 3 aliphatic rings. The molecule has 0 saturated carbocycles. The van der Waals surface area contributed by atoms with E-state index in [4.69, 9.17) is 21.1 Å². The van der Waals surface area contributed by atoms with Crippen molar-refractivity contribution >= 4 is 51.4 Å². The minimum atomic E-state index is -3.26. The zero-order valence-electron chi connectivity index (χ0n) is 27.9. The maximum atomic E-state index is 15.5. The third-order valence-corrected chi connectivity index (χ3v) is 10.3. The Morgan fingerprint density at radius 2 is 1.76 bits per heavy atom. The van der Waals surface area contributed by atoms with Gasteiger partial charge in [0.15, 0.2) is 11.6 Å². The van der Waals surface area contributed by atoms with E-state index in [1.54, 1.807) is 39.8 Å². The highest BCUT2D eigenvalue weighted by Gasteiger charge is 2.53. The van der Waals surface area contributed by atoms with Gasteiger partial charge in [0, 0.05) is 37.5 Å². The topological polar surface area (TPSA) is 148 Å². The third kappa shape index (κ3) is 6.08. The van der Waals surface area contributed by atoms with E-state index in [1.807, 2.05) is 4.90 Å². The zero-order chi connectivity index (χ0) is 35.6. The number of nitrogens with one attached hydrogen (secondary N) is 1. The molecule has 1 amide bonds. The summed E-state index contributed by atoms with van der Waals surface area (Å²) in [5.74, 6) is -3.05. The van der Waals surface area contributed by atoms with Crippen LogP contribution in [-0.2, 0) is 29.7 Å². The Morgan fingerprint density at radius 3 is 2.35 bits per heavy atom. The lowest BCUT2D eigenvalue weighted by Gasteiger charge is -2.49. The SMILES string of the molecule is C=C(c1nn2c(c1Cl)CN(c1nc(OC)nc(N3CC4(CCc5sc(NC(=O)OC(C)(C)C)c(C#N)c54)C3)c1C#N)CC(F)(F)C2)N(C)C. The zero-order valence-corrected chi connectivity index (χ0v) is 29.5. The molecule has 13 nitrogen and oxygen atoms in total. The Bertz CT molecular complexity index is 1950. The number of aryl methyl sites for hydroxylation is 1. The van der Waals surface area contributed by atoms with Crippen LogP contribution >= 0.6 is 22.9 Å². The van der Waals surface area contributed by atoms with Crippen LogP contribution in [0.5, 0.6) is 6.01 Å². The fraction of sp³-hybridized carbons (Fsp3) is 0.500. The van der Waals surface area contributed by atoms with Gasteiger partial charge in [-0.2, -0.15) is 25.6 Å². The van der Waals surface area contributed by atoms with Crippen LogP contribution in [0.4, 0.5) is 30.2 Å². The Morgan fingerprint density at radius 1 is 1.10 bits per heavy atom. The molecule has 0 unspecified atom stereocenters. The van der Waals surface area contributed by atoms with Gasteiger partial charge in [-0.15, -0.1) is 11.3 Å². The molecule has 1 spiro atoms. The second kappa shape index (κ2) is 12.0. The highest BCUT2D eigenvalue weighted by Crippen LogP contribution is 2.53. The van der Waals surface area contributed by atoms with Crippen LogP contribution in [0.15, 0.2) is 6.58 Å². The average Bonchev–Trinajstić information content (AvgIpc) is 3.60. The van der Waals surface area contributed by atoms with Crippen molar-refractivity contribution in [3.05, 3.63) is 44.6 Å². The first kappa shape index (κ1) is 34.2. The first-order valence-corrected chi connectivity index (χ1v) is 16.6. The molecular weight excluding hydrogens is 678 g/mol. The van der Waals surface area contributed by atoms with Gasteiger partial charge < -0.3 is 24.2 Å². The summed E-state index contributed by atoms with van der Waals surface area (Å²) in [5.41, 5.74) is 1.21. The molecule has 0 bridgehead atoms. The minimum Gasteiger partial charge on any atom is -0.467 e. The number of rotatable bonds is 6. The lowest BCUT2D eigenvalue weighted by atomic mass is 9.74. The first-order chi connectivity index (χ1) is 23.0. The van der Waals surface area contributed by atoms with Crippen molar-refractivity contribution in [3.63, 3.8) is 0 Å². The predicted molar refractivity (Wildman–Crippen MR) is 180 cm³/mol. The number of ether oxygens (including phenoxy) is 2. The Balaban J connectivity index is 1.33. The number of hydrogen-bond acceptors (Lipinski definition) is 12. The molecular formula is C32H35ClF2N10O3S. The summed E-state index contributed by atoms with van der Waals surface area (Å²) in [6, 6.07) is 4.34. The summed E-state index contributed by atoms with van der Waals surface area (Å²) < 4.78 is 43.0. The summed E-state index contributed by atoms with van der Waals surface area (Å²) in [6.07, 6.45) is 0.820. The summed E-state index contributed by atoms with van der Waals surface area (Å²) in [5, 5.41) is 28.3. The Labute approximate surface area is 291 Å². The highest BCUT2D eigenvalue weighted by atomic mass is 35.5. The molecule has 0 radical (unpaired) electrons. The van der Waals surface area contributed by atoms with Crippen LogP contribution in [0, 0.1) is 22.7 Å². The number of nitriles is 2. The van der Waals surface area contributed by atoms with Crippen molar-refractivity contribution in [3.8, 4) is 18.1 Å². The van der Waals surface area contributed by atoms with E-state index in [0.29, 0.717) is 41.5 Å². The number of nitrogens with zero attached hydrogens (tertiary/aromatic N) is 9. The van der Waals surface area contributed by atoms with Crippen molar-refractivity contribution in [2.45, 2.75) is 63.6 Å². The summed E-state index contributed by atoms with van der Waals surface area (Å²) in [4.78, 5) is 27.3. The van der Waals surface area contributed by atoms with Gasteiger partial charge in [0.05, 0.1) is 42.2 Å². The summed E-state index contributed by atoms with van der Waals surface area (Å²) >= 11 is 8.07. The van der Waals surface area contributed by atoms with E-state index in [2.05, 4.69) is 39.1 Å². The molecule has 258 valence electrons. The molecule has 3 aromatic rings. The molecule has 1 fully saturated rings. The van der Waals surface area contributed by atoms with Crippen LogP contribution in [0.3, 0.4) is 0 Å². The van der Waals surface area contributed by atoms with E-state index < -0.39 is 36.1 Å². The Hall–Kier alpha value is -4.67. The van der Waals surface area contributed by atoms with Gasteiger partial charge in [0.2, 0.25) is 0 Å². The van der Waals surface area contributed by atoms with E-state index in [9.17, 15) is 15.3 Å². The number of carbonyl (C=O) groups excluding carboxylic acids is 1. The third-order valence-electron chi connectivity index (χ3n) is 8.75. The molecule has 1 saturated heterocycles. The van der Waals surface area contributed by atoms with E-state index in [0.717, 1.165) is 16.9 Å². The van der Waals surface area contributed by atoms with Gasteiger partial charge in [-0.05, 0) is 39.2 Å². The number of amides is 1. The number of alkyl halides is 2. The Kier molecular flexibility index (Phi) is 8.40. The number of hydrogen-bond donors (Lipinski definition) is 1. The van der Waals surface area contributed by atoms with Crippen molar-refractivity contribution in [2.24, 2.45) is 0 Å². The number of fused-ring (bicyclic) bond motifs is 3. The number of aromatic nitrogens is 4. The van der Waals surface area contributed by atoms with Gasteiger partial charge in [0.1, 0.15) is 40.5 Å². The maximum Gasteiger partial charge on any atom is 0.412 e. The number of anilines is 3. The maximum absolute atomic E-state index is 15.5. The van der Waals surface area contributed by atoms with Crippen molar-refractivity contribution in [1.29, 1.82) is 10.5 Å². The van der Waals surface area contributed by atoms with Crippen LogP contribution in [0.1, 0.15) is 60.1 Å². The average molecular weight is 713 g/mol. The monoisotopic (exact) mass is 712 g/mol. The number of thiophene rings is 1. The van der Waals surface area contributed by atoms with Gasteiger partial charge in [-0.3, -0.25) is 10.00 Å². The van der Waals surface area contributed by atoms with Gasteiger partial charge in [-0.1, -0.05) is 18.2 Å². The van der Waals surface area contributed by atoms with Gasteiger partial charge >= 0.3 is 12.1 Å². The first-order valence-electron chi connectivity index (χ1n) is 15.4. The molecule has 0 atom stereocenters. The molecule has 0 aromatic carbocycles. The van der Waals surface area contributed by atoms with E-state index in [-0.39, 0.29) is 40.5 Å². The van der Waals surface area contributed by atoms with Crippen molar-refractivity contribution in [2.75, 3.05) is 56.0 Å². The van der Waals surface area contributed by atoms with Crippen LogP contribution in [0.2, 0.25) is 5.02 Å². The molecule has 5 heterocycles. The van der Waals surface area contributed by atoms with E-state index >= 15 is 8.78 Å². The standard InChI is InChI=1S/C32H35ClF2N10O3S/c1-17(42(5)6)24-23(33)20-12-43(15-32(34,35)16-45(20)41-24)25-19(11-37)26(39-28(38-25)47-7)44-13-31(14-44)9-8-21-22(31)18(10-36)27(49-21)40-29(46)48-30(2,3)4/h1,8-9,12-16H2,2-7H3,(H,40,46). The van der Waals surface area contributed by atoms with Gasteiger partial charge in [-0.25, -0.2) is 13.6 Å². The largest absolute Gasteiger partial charge is 0.467 e. The molecule has 2 aliphatic heterocycles. The predicted octanol–water partition coefficient (Wildman–Crippen LogP) is 5.38. The molecule has 1 aliphatic carbocycles. The highest BCUT2D eigenvalue weighted by molar-refractivity contribution is 7.16. The molecule has 49 heavy (non-hydrogen) atoms. The normalized spacial score (nSPS) is 17.3. The summed E-state index contributed by atoms with van der Waals surface area (Å²) in [6.45, 7) is 8.46. The van der Waals surface area contributed by atoms with E-state index in [1.165, 1.54) is 28.0 Å². The second-order valence-corrected chi connectivity index (χ2v) is 15.1. The summed E-state index contributed by atoms with van der Waals surface area (Å²) in [7, 11) is 4.87. The fourth-order valence-electron chi connectivity index (χ4n) is 6.59. The quantitative estimate of drug-likeness (QED) is 0.351. The minimum absolute atomic E-state index is 0.00443. The molecule has 17 heteroatoms. The van der Waals surface area contributed by atoms with Crippen LogP contribution < -0.4 is 19.9 Å². The van der Waals surface area contributed by atoms with Crippen LogP contribution in [0.25, 0.3) is 5.70 Å². The number of carbonyl (C=O) groups is 1. The molecule has 6 rings (SSSR count). The second-order valence-electron chi connectivity index (χ2n) is 13.6. The smallest absolute Gasteiger partial charge is 0.412 e.